The Labute approximate surface area is 101 Å². The van der Waals surface area contributed by atoms with Crippen molar-refractivity contribution in [3.05, 3.63) is 35.9 Å². The van der Waals surface area contributed by atoms with Crippen LogP contribution in [0.1, 0.15) is 12.5 Å². The molecule has 1 atom stereocenters. The van der Waals surface area contributed by atoms with E-state index >= 15 is 0 Å². The molecular weight excluding hydrogens is 220 g/mol. The lowest BCUT2D eigenvalue weighted by Gasteiger charge is -2.10. The summed E-state index contributed by atoms with van der Waals surface area (Å²) in [6, 6.07) is 9.49. The molecule has 0 aliphatic heterocycles. The van der Waals surface area contributed by atoms with Gasteiger partial charge in [0.25, 0.3) is 0 Å². The Balaban J connectivity index is 2.14. The molecule has 0 spiro atoms. The van der Waals surface area contributed by atoms with Crippen LogP contribution < -0.4 is 0 Å². The molecule has 0 fully saturated rings. The molecule has 0 saturated heterocycles. The van der Waals surface area contributed by atoms with Crippen molar-refractivity contribution in [1.29, 1.82) is 0 Å². The molecule has 1 unspecified atom stereocenters. The molecule has 0 aliphatic rings. The predicted octanol–water partition coefficient (Wildman–Crippen LogP) is 1.78. The van der Waals surface area contributed by atoms with Gasteiger partial charge in [-0.15, -0.1) is 0 Å². The summed E-state index contributed by atoms with van der Waals surface area (Å²) in [5, 5.41) is 0. The fraction of sp³-hybridized carbons (Fsp3) is 0.462. The lowest BCUT2D eigenvalue weighted by Crippen LogP contribution is -2.17. The quantitative estimate of drug-likeness (QED) is 0.412. The summed E-state index contributed by atoms with van der Waals surface area (Å²) in [4.78, 5) is 11.4. The topological polar surface area (TPSA) is 44.8 Å². The molecule has 0 radical (unpaired) electrons. The van der Waals surface area contributed by atoms with Crippen LogP contribution in [0.4, 0.5) is 0 Å². The number of methoxy groups -OCH3 is 1. The third kappa shape index (κ3) is 6.04. The zero-order valence-electron chi connectivity index (χ0n) is 10.2. The van der Waals surface area contributed by atoms with Crippen LogP contribution in [0.2, 0.25) is 0 Å². The van der Waals surface area contributed by atoms with Crippen molar-refractivity contribution in [3.63, 3.8) is 0 Å². The Morgan fingerprint density at radius 2 is 1.94 bits per heavy atom. The van der Waals surface area contributed by atoms with Gasteiger partial charge in [0.1, 0.15) is 6.61 Å². The third-order valence-corrected chi connectivity index (χ3v) is 2.22. The number of ether oxygens (including phenoxy) is 3. The average Bonchev–Trinajstić information content (AvgIpc) is 2.35. The molecule has 1 rings (SSSR count). The molecule has 0 N–H and O–H groups in total. The van der Waals surface area contributed by atoms with Crippen molar-refractivity contribution >= 4 is 5.97 Å². The van der Waals surface area contributed by atoms with E-state index < -0.39 is 0 Å². The minimum absolute atomic E-state index is 0.245. The molecule has 0 heterocycles. The molecule has 0 bridgehead atoms. The Morgan fingerprint density at radius 3 is 2.59 bits per heavy atom. The van der Waals surface area contributed by atoms with Crippen LogP contribution >= 0.6 is 0 Å². The van der Waals surface area contributed by atoms with Crippen molar-refractivity contribution in [2.24, 2.45) is 0 Å². The van der Waals surface area contributed by atoms with Crippen LogP contribution in [0.25, 0.3) is 0 Å². The lowest BCUT2D eigenvalue weighted by atomic mass is 10.2. The number of rotatable bonds is 7. The van der Waals surface area contributed by atoms with E-state index in [0.29, 0.717) is 13.0 Å². The second-order valence-electron chi connectivity index (χ2n) is 3.56. The normalized spacial score (nSPS) is 12.1. The van der Waals surface area contributed by atoms with E-state index in [1.54, 1.807) is 14.0 Å². The summed E-state index contributed by atoms with van der Waals surface area (Å²) in [7, 11) is 1.56. The largest absolute Gasteiger partial charge is 0.463 e. The van der Waals surface area contributed by atoms with Crippen LogP contribution in [0.15, 0.2) is 30.3 Å². The molecule has 1 aromatic rings. The Morgan fingerprint density at radius 1 is 1.24 bits per heavy atom. The molecule has 1 aromatic carbocycles. The van der Waals surface area contributed by atoms with Gasteiger partial charge in [-0.2, -0.15) is 0 Å². The first kappa shape index (κ1) is 13.7. The van der Waals surface area contributed by atoms with Crippen LogP contribution in [-0.2, 0) is 25.4 Å². The van der Waals surface area contributed by atoms with Crippen molar-refractivity contribution in [2.75, 3.05) is 20.3 Å². The first-order valence-electron chi connectivity index (χ1n) is 5.56. The van der Waals surface area contributed by atoms with Gasteiger partial charge in [0.15, 0.2) is 6.29 Å². The van der Waals surface area contributed by atoms with E-state index in [9.17, 15) is 4.79 Å². The molecule has 0 aromatic heterocycles. The molecule has 0 aliphatic carbocycles. The zero-order valence-corrected chi connectivity index (χ0v) is 10.2. The monoisotopic (exact) mass is 238 g/mol. The average molecular weight is 238 g/mol. The molecule has 0 saturated carbocycles. The fourth-order valence-corrected chi connectivity index (χ4v) is 1.25. The summed E-state index contributed by atoms with van der Waals surface area (Å²) >= 11 is 0. The molecule has 17 heavy (non-hydrogen) atoms. The van der Waals surface area contributed by atoms with E-state index in [2.05, 4.69) is 0 Å². The van der Waals surface area contributed by atoms with E-state index in [1.165, 1.54) is 0 Å². The van der Waals surface area contributed by atoms with Gasteiger partial charge in [0.2, 0.25) is 0 Å². The van der Waals surface area contributed by atoms with E-state index in [-0.39, 0.29) is 18.9 Å². The van der Waals surface area contributed by atoms with Gasteiger partial charge in [-0.05, 0) is 12.5 Å². The maximum Gasteiger partial charge on any atom is 0.310 e. The van der Waals surface area contributed by atoms with Gasteiger partial charge in [-0.1, -0.05) is 30.3 Å². The first-order chi connectivity index (χ1) is 8.22. The van der Waals surface area contributed by atoms with Crippen LogP contribution in [0.5, 0.6) is 0 Å². The number of benzene rings is 1. The second kappa shape index (κ2) is 7.81. The van der Waals surface area contributed by atoms with Gasteiger partial charge in [-0.25, -0.2) is 0 Å². The fourth-order valence-electron chi connectivity index (χ4n) is 1.25. The molecule has 4 nitrogen and oxygen atoms in total. The van der Waals surface area contributed by atoms with Gasteiger partial charge < -0.3 is 14.2 Å². The number of hydrogen-bond acceptors (Lipinski definition) is 4. The summed E-state index contributed by atoms with van der Waals surface area (Å²) in [6.45, 7) is 2.38. The number of hydrogen-bond donors (Lipinski definition) is 0. The maximum atomic E-state index is 11.4. The zero-order chi connectivity index (χ0) is 12.5. The molecule has 94 valence electrons. The Kier molecular flexibility index (Phi) is 6.29. The second-order valence-corrected chi connectivity index (χ2v) is 3.56. The lowest BCUT2D eigenvalue weighted by molar-refractivity contribution is -0.151. The number of carbonyl (C=O) groups is 1. The number of carbonyl (C=O) groups excluding carboxylic acids is 1. The van der Waals surface area contributed by atoms with Gasteiger partial charge >= 0.3 is 5.97 Å². The summed E-state index contributed by atoms with van der Waals surface area (Å²) in [6.07, 6.45) is 0.0172. The predicted molar refractivity (Wildman–Crippen MR) is 63.5 cm³/mol. The third-order valence-electron chi connectivity index (χ3n) is 2.22. The van der Waals surface area contributed by atoms with Gasteiger partial charge in [-0.3, -0.25) is 4.79 Å². The van der Waals surface area contributed by atoms with Crippen molar-refractivity contribution in [3.8, 4) is 0 Å². The van der Waals surface area contributed by atoms with Gasteiger partial charge in [0.05, 0.1) is 13.0 Å². The van der Waals surface area contributed by atoms with Gasteiger partial charge in [0, 0.05) is 7.11 Å². The highest BCUT2D eigenvalue weighted by Gasteiger charge is 2.04. The van der Waals surface area contributed by atoms with Crippen molar-refractivity contribution in [1.82, 2.24) is 0 Å². The SMILES string of the molecule is COC(C)OCCOC(=O)Cc1ccccc1. The smallest absolute Gasteiger partial charge is 0.310 e. The summed E-state index contributed by atoms with van der Waals surface area (Å²) in [5.41, 5.74) is 0.948. The van der Waals surface area contributed by atoms with E-state index in [1.807, 2.05) is 30.3 Å². The van der Waals surface area contributed by atoms with Crippen molar-refractivity contribution in [2.45, 2.75) is 19.6 Å². The van der Waals surface area contributed by atoms with Crippen molar-refractivity contribution < 1.29 is 19.0 Å². The molecule has 0 amide bonds. The molecule has 4 heteroatoms. The first-order valence-corrected chi connectivity index (χ1v) is 5.56. The highest BCUT2D eigenvalue weighted by Crippen LogP contribution is 2.00. The number of esters is 1. The minimum Gasteiger partial charge on any atom is -0.463 e. The minimum atomic E-state index is -0.275. The highest BCUT2D eigenvalue weighted by atomic mass is 16.7. The summed E-state index contributed by atoms with van der Waals surface area (Å²) in [5.74, 6) is -0.245. The van der Waals surface area contributed by atoms with E-state index in [0.717, 1.165) is 5.56 Å². The highest BCUT2D eigenvalue weighted by molar-refractivity contribution is 5.72. The Hall–Kier alpha value is -1.39. The van der Waals surface area contributed by atoms with Crippen LogP contribution in [0.3, 0.4) is 0 Å². The molecular formula is C13H18O4. The summed E-state index contributed by atoms with van der Waals surface area (Å²) < 4.78 is 15.1. The van der Waals surface area contributed by atoms with Crippen LogP contribution in [0, 0.1) is 0 Å². The standard InChI is InChI=1S/C13H18O4/c1-11(15-2)16-8-9-17-13(14)10-12-6-4-3-5-7-12/h3-7,11H,8-10H2,1-2H3. The van der Waals surface area contributed by atoms with Crippen LogP contribution in [-0.4, -0.2) is 32.6 Å². The van der Waals surface area contributed by atoms with E-state index in [4.69, 9.17) is 14.2 Å². The Bertz CT molecular complexity index is 323. The maximum absolute atomic E-state index is 11.4.